The van der Waals surface area contributed by atoms with E-state index >= 15 is 0 Å². The average molecular weight is 333 g/mol. The number of hydrogen-bond acceptors (Lipinski definition) is 6. The van der Waals surface area contributed by atoms with E-state index in [1.165, 1.54) is 11.4 Å². The number of thiophene rings is 1. The first-order valence-electron chi connectivity index (χ1n) is 6.66. The molecular weight excluding hydrogens is 314 g/mol. The summed E-state index contributed by atoms with van der Waals surface area (Å²) in [6.45, 7) is 4.75. The minimum absolute atomic E-state index is 0.0634. The van der Waals surface area contributed by atoms with Crippen molar-refractivity contribution in [2.24, 2.45) is 0 Å². The Balaban J connectivity index is 2.44. The lowest BCUT2D eigenvalue weighted by atomic mass is 10.3. The Bertz CT molecular complexity index is 623. The van der Waals surface area contributed by atoms with Gasteiger partial charge in [-0.15, -0.1) is 11.3 Å². The van der Waals surface area contributed by atoms with Gasteiger partial charge in [0.05, 0.1) is 13.2 Å². The Labute approximate surface area is 128 Å². The lowest BCUT2D eigenvalue weighted by molar-refractivity contribution is 0.0602. The average Bonchev–Trinajstić information content (AvgIpc) is 2.69. The minimum Gasteiger partial charge on any atom is -0.465 e. The quantitative estimate of drug-likeness (QED) is 0.786. The number of methoxy groups -OCH3 is 1. The molecule has 0 aliphatic carbocycles. The fraction of sp³-hybridized carbons (Fsp3) is 0.615. The van der Waals surface area contributed by atoms with Crippen molar-refractivity contribution in [2.45, 2.75) is 31.3 Å². The van der Waals surface area contributed by atoms with Gasteiger partial charge in [-0.1, -0.05) is 0 Å². The van der Waals surface area contributed by atoms with Crippen molar-refractivity contribution in [3.63, 3.8) is 0 Å². The summed E-state index contributed by atoms with van der Waals surface area (Å²) < 4.78 is 37.3. The van der Waals surface area contributed by atoms with E-state index in [0.717, 1.165) is 11.3 Å². The van der Waals surface area contributed by atoms with Gasteiger partial charge in [-0.05, 0) is 31.2 Å². The molecule has 2 rings (SSSR count). The predicted molar refractivity (Wildman–Crippen MR) is 79.2 cm³/mol. The molecule has 1 saturated heterocycles. The van der Waals surface area contributed by atoms with Gasteiger partial charge in [0.2, 0.25) is 10.0 Å². The number of nitrogens with zero attached hydrogens (tertiary/aromatic N) is 1. The molecule has 0 spiro atoms. The number of esters is 1. The van der Waals surface area contributed by atoms with Crippen LogP contribution in [-0.4, -0.2) is 51.6 Å². The molecule has 1 unspecified atom stereocenters. The molecule has 2 heterocycles. The van der Waals surface area contributed by atoms with Gasteiger partial charge in [0.1, 0.15) is 9.77 Å². The molecule has 21 heavy (non-hydrogen) atoms. The summed E-state index contributed by atoms with van der Waals surface area (Å²) in [5.41, 5.74) is 0.568. The van der Waals surface area contributed by atoms with Crippen molar-refractivity contribution in [3.05, 3.63) is 15.8 Å². The van der Waals surface area contributed by atoms with Crippen LogP contribution in [0.2, 0.25) is 0 Å². The van der Waals surface area contributed by atoms with Crippen molar-refractivity contribution >= 4 is 27.3 Å². The van der Waals surface area contributed by atoms with Gasteiger partial charge < -0.3 is 9.47 Å². The smallest absolute Gasteiger partial charge is 0.349 e. The van der Waals surface area contributed by atoms with Gasteiger partial charge in [0.15, 0.2) is 0 Å². The maximum absolute atomic E-state index is 12.9. The van der Waals surface area contributed by atoms with Crippen LogP contribution in [0.1, 0.15) is 28.6 Å². The lowest BCUT2D eigenvalue weighted by Crippen LogP contribution is -2.36. The van der Waals surface area contributed by atoms with Crippen molar-refractivity contribution in [2.75, 3.05) is 26.8 Å². The third-order valence-corrected chi connectivity index (χ3v) is 6.56. The number of hydrogen-bond donors (Lipinski definition) is 0. The Morgan fingerprint density at radius 2 is 2.24 bits per heavy atom. The van der Waals surface area contributed by atoms with Crippen molar-refractivity contribution in [1.29, 1.82) is 0 Å². The summed E-state index contributed by atoms with van der Waals surface area (Å²) in [6.07, 6.45) is 0.475. The van der Waals surface area contributed by atoms with E-state index in [9.17, 15) is 13.2 Å². The number of ether oxygens (including phenoxy) is 2. The van der Waals surface area contributed by atoms with Crippen LogP contribution >= 0.6 is 11.3 Å². The second-order valence-corrected chi connectivity index (χ2v) is 7.72. The molecule has 0 radical (unpaired) electrons. The summed E-state index contributed by atoms with van der Waals surface area (Å²) in [5.74, 6) is -0.620. The molecule has 8 heteroatoms. The van der Waals surface area contributed by atoms with Crippen LogP contribution in [0, 0.1) is 6.92 Å². The van der Waals surface area contributed by atoms with Crippen molar-refractivity contribution in [3.8, 4) is 0 Å². The summed E-state index contributed by atoms with van der Waals surface area (Å²) in [4.78, 5) is 12.0. The summed E-state index contributed by atoms with van der Waals surface area (Å²) in [5, 5.41) is 1.66. The lowest BCUT2D eigenvalue weighted by Gasteiger charge is -2.22. The minimum atomic E-state index is -3.73. The van der Waals surface area contributed by atoms with Crippen molar-refractivity contribution < 1.29 is 22.7 Å². The molecule has 1 atom stereocenters. The van der Waals surface area contributed by atoms with Gasteiger partial charge in [0.25, 0.3) is 0 Å². The monoisotopic (exact) mass is 333 g/mol. The topological polar surface area (TPSA) is 72.9 Å². The normalized spacial score (nSPS) is 21.0. The Hall–Kier alpha value is -0.960. The summed E-state index contributed by atoms with van der Waals surface area (Å²) in [7, 11) is -2.48. The highest BCUT2D eigenvalue weighted by molar-refractivity contribution is 7.89. The number of carbonyl (C=O) groups is 1. The zero-order valence-corrected chi connectivity index (χ0v) is 13.9. The van der Waals surface area contributed by atoms with Crippen molar-refractivity contribution in [1.82, 2.24) is 4.31 Å². The van der Waals surface area contributed by atoms with Crippen LogP contribution in [0.4, 0.5) is 0 Å². The fourth-order valence-electron chi connectivity index (χ4n) is 2.29. The first kappa shape index (κ1) is 16.4. The van der Waals surface area contributed by atoms with E-state index in [2.05, 4.69) is 4.74 Å². The second kappa shape index (κ2) is 6.43. The maximum Gasteiger partial charge on any atom is 0.349 e. The number of sulfonamides is 1. The highest BCUT2D eigenvalue weighted by atomic mass is 32.2. The summed E-state index contributed by atoms with van der Waals surface area (Å²) in [6, 6.07) is 0. The van der Waals surface area contributed by atoms with Crippen LogP contribution in [0.25, 0.3) is 0 Å². The van der Waals surface area contributed by atoms with Gasteiger partial charge in [-0.2, -0.15) is 4.31 Å². The molecule has 0 amide bonds. The van der Waals surface area contributed by atoms with E-state index < -0.39 is 16.0 Å². The highest BCUT2D eigenvalue weighted by Gasteiger charge is 2.34. The molecule has 0 aromatic carbocycles. The van der Waals surface area contributed by atoms with E-state index in [0.29, 0.717) is 25.1 Å². The first-order chi connectivity index (χ1) is 9.87. The van der Waals surface area contributed by atoms with E-state index in [-0.39, 0.29) is 22.4 Å². The number of carbonyl (C=O) groups excluding carboxylic acids is 1. The van der Waals surface area contributed by atoms with Gasteiger partial charge in [0, 0.05) is 19.7 Å². The van der Waals surface area contributed by atoms with Gasteiger partial charge in [-0.25, -0.2) is 13.2 Å². The molecule has 1 aliphatic heterocycles. The van der Waals surface area contributed by atoms with Crippen LogP contribution in [0.15, 0.2) is 10.3 Å². The van der Waals surface area contributed by atoms with Crippen LogP contribution in [0.3, 0.4) is 0 Å². The molecule has 1 aliphatic rings. The Morgan fingerprint density at radius 1 is 1.52 bits per heavy atom. The molecule has 6 nitrogen and oxygen atoms in total. The van der Waals surface area contributed by atoms with Crippen LogP contribution in [-0.2, 0) is 19.5 Å². The highest BCUT2D eigenvalue weighted by Crippen LogP contribution is 2.30. The first-order valence-corrected chi connectivity index (χ1v) is 8.98. The van der Waals surface area contributed by atoms with Crippen LogP contribution < -0.4 is 0 Å². The third kappa shape index (κ3) is 3.28. The molecule has 1 fully saturated rings. The third-order valence-electron chi connectivity index (χ3n) is 3.30. The molecule has 1 aromatic rings. The Kier molecular flexibility index (Phi) is 5.03. The molecule has 118 valence electrons. The second-order valence-electron chi connectivity index (χ2n) is 4.97. The zero-order chi connectivity index (χ0) is 15.6. The molecule has 0 bridgehead atoms. The number of aryl methyl sites for hydroxylation is 1. The molecule has 0 saturated carbocycles. The fourth-order valence-corrected chi connectivity index (χ4v) is 5.50. The number of rotatable bonds is 3. The SMILES string of the molecule is COC(=O)c1scc(C)c1S(=O)(=O)N1CCCOC(C)C1. The predicted octanol–water partition coefficient (Wildman–Crippen LogP) is 1.64. The standard InChI is InChI=1S/C13H19NO5S2/c1-9-8-20-11(13(15)18-3)12(9)21(16,17)14-5-4-6-19-10(2)7-14/h8,10H,4-7H2,1-3H3. The van der Waals surface area contributed by atoms with Gasteiger partial charge in [-0.3, -0.25) is 0 Å². The maximum atomic E-state index is 12.9. The zero-order valence-electron chi connectivity index (χ0n) is 12.3. The van der Waals surface area contributed by atoms with Crippen LogP contribution in [0.5, 0.6) is 0 Å². The molecule has 1 aromatic heterocycles. The van der Waals surface area contributed by atoms with E-state index in [1.807, 2.05) is 6.92 Å². The van der Waals surface area contributed by atoms with E-state index in [1.54, 1.807) is 12.3 Å². The molecular formula is C13H19NO5S2. The summed E-state index contributed by atoms with van der Waals surface area (Å²) >= 11 is 1.09. The van der Waals surface area contributed by atoms with E-state index in [4.69, 9.17) is 4.74 Å². The van der Waals surface area contributed by atoms with Gasteiger partial charge >= 0.3 is 5.97 Å². The Morgan fingerprint density at radius 3 is 2.90 bits per heavy atom. The molecule has 0 N–H and O–H groups in total. The largest absolute Gasteiger partial charge is 0.465 e.